The summed E-state index contributed by atoms with van der Waals surface area (Å²) in [5.74, 6) is -0.0716. The third-order valence-electron chi connectivity index (χ3n) is 3.17. The third-order valence-corrected chi connectivity index (χ3v) is 3.17. The number of piperazine rings is 1. The van der Waals surface area contributed by atoms with Crippen LogP contribution in [0.5, 0.6) is 0 Å². The van der Waals surface area contributed by atoms with Crippen LogP contribution in [0, 0.1) is 0 Å². The fourth-order valence-electron chi connectivity index (χ4n) is 2.35. The zero-order valence-corrected chi connectivity index (χ0v) is 10.7. The molecule has 0 radical (unpaired) electrons. The maximum Gasteiger partial charge on any atom is 0.243 e. The van der Waals surface area contributed by atoms with Gasteiger partial charge in [0.15, 0.2) is 0 Å². The Labute approximate surface area is 107 Å². The van der Waals surface area contributed by atoms with Gasteiger partial charge in [0, 0.05) is 12.5 Å². The van der Waals surface area contributed by atoms with Crippen LogP contribution in [0.3, 0.4) is 0 Å². The first-order valence-corrected chi connectivity index (χ1v) is 6.22. The summed E-state index contributed by atoms with van der Waals surface area (Å²) in [6.45, 7) is 3.99. The molecule has 1 heterocycles. The van der Waals surface area contributed by atoms with Crippen LogP contribution in [-0.2, 0) is 16.0 Å². The Balaban J connectivity index is 2.21. The van der Waals surface area contributed by atoms with Crippen LogP contribution < -0.4 is 5.32 Å². The standard InChI is InChI=1S/C14H18N2O2/c1-10(2)16-12(14(18)15-9-13(16)17)8-11-6-4-3-5-7-11/h3-7,10,12H,8-9H2,1-2H3,(H,15,18)/t12-/m0/s1. The summed E-state index contributed by atoms with van der Waals surface area (Å²) in [6, 6.07) is 9.42. The predicted octanol–water partition coefficient (Wildman–Crippen LogP) is 0.964. The molecule has 0 unspecified atom stereocenters. The van der Waals surface area contributed by atoms with Crippen molar-refractivity contribution in [2.24, 2.45) is 0 Å². The maximum atomic E-state index is 12.0. The van der Waals surface area contributed by atoms with Gasteiger partial charge < -0.3 is 10.2 Å². The molecule has 18 heavy (non-hydrogen) atoms. The van der Waals surface area contributed by atoms with Gasteiger partial charge in [-0.1, -0.05) is 30.3 Å². The molecule has 1 aliphatic rings. The Hall–Kier alpha value is -1.84. The van der Waals surface area contributed by atoms with Crippen molar-refractivity contribution in [1.82, 2.24) is 10.2 Å². The molecule has 1 aliphatic heterocycles. The topological polar surface area (TPSA) is 49.4 Å². The Kier molecular flexibility index (Phi) is 3.65. The van der Waals surface area contributed by atoms with Crippen molar-refractivity contribution in [3.8, 4) is 0 Å². The van der Waals surface area contributed by atoms with Crippen LogP contribution in [0.15, 0.2) is 30.3 Å². The van der Waals surface area contributed by atoms with Crippen molar-refractivity contribution in [1.29, 1.82) is 0 Å². The number of carbonyl (C=O) groups is 2. The molecule has 1 N–H and O–H groups in total. The lowest BCUT2D eigenvalue weighted by Crippen LogP contribution is -2.61. The van der Waals surface area contributed by atoms with Crippen molar-refractivity contribution in [3.63, 3.8) is 0 Å². The van der Waals surface area contributed by atoms with E-state index in [0.29, 0.717) is 6.42 Å². The third kappa shape index (κ3) is 2.53. The van der Waals surface area contributed by atoms with Crippen LogP contribution in [0.2, 0.25) is 0 Å². The molecular formula is C14H18N2O2. The number of benzene rings is 1. The van der Waals surface area contributed by atoms with Gasteiger partial charge in [0.2, 0.25) is 11.8 Å². The Morgan fingerprint density at radius 1 is 1.28 bits per heavy atom. The van der Waals surface area contributed by atoms with Crippen LogP contribution >= 0.6 is 0 Å². The average Bonchev–Trinajstić information content (AvgIpc) is 2.35. The Bertz CT molecular complexity index is 442. The normalized spacial score (nSPS) is 20.2. The highest BCUT2D eigenvalue weighted by Crippen LogP contribution is 2.15. The van der Waals surface area contributed by atoms with Crippen LogP contribution in [0.4, 0.5) is 0 Å². The number of hydrogen-bond acceptors (Lipinski definition) is 2. The highest BCUT2D eigenvalue weighted by atomic mass is 16.2. The Morgan fingerprint density at radius 3 is 2.56 bits per heavy atom. The summed E-state index contributed by atoms with van der Waals surface area (Å²) < 4.78 is 0. The van der Waals surface area contributed by atoms with Gasteiger partial charge in [0.05, 0.1) is 6.54 Å². The number of amides is 2. The summed E-state index contributed by atoms with van der Waals surface area (Å²) >= 11 is 0. The molecule has 2 rings (SSSR count). The van der Waals surface area contributed by atoms with Crippen molar-refractivity contribution in [2.45, 2.75) is 32.4 Å². The zero-order valence-electron chi connectivity index (χ0n) is 10.7. The molecule has 0 aliphatic carbocycles. The van der Waals surface area contributed by atoms with Gasteiger partial charge in [-0.05, 0) is 19.4 Å². The van der Waals surface area contributed by atoms with Gasteiger partial charge in [-0.3, -0.25) is 9.59 Å². The number of rotatable bonds is 3. The van der Waals surface area contributed by atoms with Gasteiger partial charge in [0.25, 0.3) is 0 Å². The van der Waals surface area contributed by atoms with E-state index in [-0.39, 0.29) is 24.4 Å². The van der Waals surface area contributed by atoms with Crippen LogP contribution in [0.25, 0.3) is 0 Å². The quantitative estimate of drug-likeness (QED) is 0.863. The second kappa shape index (κ2) is 5.21. The van der Waals surface area contributed by atoms with E-state index in [4.69, 9.17) is 0 Å². The van der Waals surface area contributed by atoms with E-state index in [1.54, 1.807) is 4.90 Å². The summed E-state index contributed by atoms with van der Waals surface area (Å²) in [7, 11) is 0. The molecule has 2 amide bonds. The lowest BCUT2D eigenvalue weighted by atomic mass is 10.0. The number of nitrogens with zero attached hydrogens (tertiary/aromatic N) is 1. The summed E-state index contributed by atoms with van der Waals surface area (Å²) in [5, 5.41) is 2.66. The molecule has 4 nitrogen and oxygen atoms in total. The summed E-state index contributed by atoms with van der Waals surface area (Å²) in [6.07, 6.45) is 0.566. The highest BCUT2D eigenvalue weighted by molar-refractivity contribution is 5.95. The molecule has 1 aromatic carbocycles. The van der Waals surface area contributed by atoms with E-state index < -0.39 is 6.04 Å². The first-order valence-electron chi connectivity index (χ1n) is 6.22. The SMILES string of the molecule is CC(C)N1C(=O)CNC(=O)[C@@H]1Cc1ccccc1. The molecule has 1 atom stereocenters. The lowest BCUT2D eigenvalue weighted by molar-refractivity contribution is -0.147. The second-order valence-electron chi connectivity index (χ2n) is 4.82. The first-order chi connectivity index (χ1) is 8.59. The minimum absolute atomic E-state index is 0.00877. The molecule has 1 aromatic rings. The van der Waals surface area contributed by atoms with E-state index >= 15 is 0 Å². The van der Waals surface area contributed by atoms with Gasteiger partial charge in [-0.25, -0.2) is 0 Å². The number of nitrogens with one attached hydrogen (secondary N) is 1. The molecule has 0 saturated carbocycles. The van der Waals surface area contributed by atoms with E-state index in [1.165, 1.54) is 0 Å². The number of carbonyl (C=O) groups excluding carboxylic acids is 2. The largest absolute Gasteiger partial charge is 0.345 e. The van der Waals surface area contributed by atoms with E-state index in [0.717, 1.165) is 5.56 Å². The summed E-state index contributed by atoms with van der Waals surface area (Å²) in [4.78, 5) is 25.5. The monoisotopic (exact) mass is 246 g/mol. The van der Waals surface area contributed by atoms with Crippen molar-refractivity contribution >= 4 is 11.8 Å². The predicted molar refractivity (Wildman–Crippen MR) is 68.9 cm³/mol. The zero-order chi connectivity index (χ0) is 13.1. The first kappa shape index (κ1) is 12.6. The minimum Gasteiger partial charge on any atom is -0.345 e. The van der Waals surface area contributed by atoms with E-state index in [9.17, 15) is 9.59 Å². The lowest BCUT2D eigenvalue weighted by Gasteiger charge is -2.37. The van der Waals surface area contributed by atoms with Gasteiger partial charge in [-0.15, -0.1) is 0 Å². The van der Waals surface area contributed by atoms with Crippen molar-refractivity contribution in [2.75, 3.05) is 6.54 Å². The molecule has 1 saturated heterocycles. The summed E-state index contributed by atoms with van der Waals surface area (Å²) in [5.41, 5.74) is 1.07. The van der Waals surface area contributed by atoms with E-state index in [2.05, 4.69) is 5.32 Å². The fraction of sp³-hybridized carbons (Fsp3) is 0.429. The van der Waals surface area contributed by atoms with Crippen molar-refractivity contribution < 1.29 is 9.59 Å². The van der Waals surface area contributed by atoms with Gasteiger partial charge in [-0.2, -0.15) is 0 Å². The molecule has 0 aromatic heterocycles. The fourth-order valence-corrected chi connectivity index (χ4v) is 2.35. The van der Waals surface area contributed by atoms with Crippen molar-refractivity contribution in [3.05, 3.63) is 35.9 Å². The maximum absolute atomic E-state index is 12.0. The number of hydrogen-bond donors (Lipinski definition) is 1. The van der Waals surface area contributed by atoms with Gasteiger partial charge >= 0.3 is 0 Å². The highest BCUT2D eigenvalue weighted by Gasteiger charge is 2.35. The molecule has 96 valence electrons. The average molecular weight is 246 g/mol. The van der Waals surface area contributed by atoms with Gasteiger partial charge in [0.1, 0.15) is 6.04 Å². The molecule has 0 spiro atoms. The van der Waals surface area contributed by atoms with Crippen LogP contribution in [-0.4, -0.2) is 35.3 Å². The molecule has 0 bridgehead atoms. The Morgan fingerprint density at radius 2 is 1.94 bits per heavy atom. The molecule has 4 heteroatoms. The molecular weight excluding hydrogens is 228 g/mol. The smallest absolute Gasteiger partial charge is 0.243 e. The second-order valence-corrected chi connectivity index (χ2v) is 4.82. The van der Waals surface area contributed by atoms with E-state index in [1.807, 2.05) is 44.2 Å². The van der Waals surface area contributed by atoms with Crippen LogP contribution in [0.1, 0.15) is 19.4 Å². The molecule has 1 fully saturated rings. The minimum atomic E-state index is -0.395.